The topological polar surface area (TPSA) is 47.6 Å². The predicted octanol–water partition coefficient (Wildman–Crippen LogP) is 4.00. The monoisotopic (exact) mass is 367 g/mol. The number of methoxy groups -OCH3 is 1. The Hall–Kier alpha value is -2.08. The Morgan fingerprint density at radius 1 is 1.23 bits per heavy atom. The van der Waals surface area contributed by atoms with Crippen LogP contribution in [0.1, 0.15) is 6.92 Å². The lowest BCUT2D eigenvalue weighted by molar-refractivity contribution is -0.122. The van der Waals surface area contributed by atoms with Gasteiger partial charge in [0.25, 0.3) is 5.91 Å². The maximum atomic E-state index is 13.6. The van der Waals surface area contributed by atoms with Crippen LogP contribution in [-0.4, -0.2) is 19.1 Å². The van der Waals surface area contributed by atoms with Gasteiger partial charge in [-0.05, 0) is 43.3 Å². The maximum absolute atomic E-state index is 13.6. The first-order valence-corrected chi connectivity index (χ1v) is 7.35. The first kappa shape index (κ1) is 16.3. The maximum Gasteiger partial charge on any atom is 0.265 e. The van der Waals surface area contributed by atoms with E-state index in [2.05, 4.69) is 21.2 Å². The van der Waals surface area contributed by atoms with E-state index in [1.807, 2.05) is 12.1 Å². The summed E-state index contributed by atoms with van der Waals surface area (Å²) in [6.45, 7) is 1.62. The van der Waals surface area contributed by atoms with E-state index in [1.165, 1.54) is 19.2 Å². The molecule has 0 spiro atoms. The van der Waals surface area contributed by atoms with Gasteiger partial charge in [0.2, 0.25) is 0 Å². The summed E-state index contributed by atoms with van der Waals surface area (Å²) in [4.78, 5) is 12.1. The largest absolute Gasteiger partial charge is 0.494 e. The smallest absolute Gasteiger partial charge is 0.265 e. The van der Waals surface area contributed by atoms with Gasteiger partial charge in [-0.3, -0.25) is 4.79 Å². The fourth-order valence-corrected chi connectivity index (χ4v) is 2.02. The van der Waals surface area contributed by atoms with Crippen molar-refractivity contribution in [2.45, 2.75) is 13.0 Å². The summed E-state index contributed by atoms with van der Waals surface area (Å²) in [5.41, 5.74) is 0.342. The molecule has 2 aromatic carbocycles. The predicted molar refractivity (Wildman–Crippen MR) is 85.8 cm³/mol. The zero-order chi connectivity index (χ0) is 16.1. The van der Waals surface area contributed by atoms with Gasteiger partial charge in [-0.2, -0.15) is 0 Å². The van der Waals surface area contributed by atoms with Crippen LogP contribution < -0.4 is 14.8 Å². The first-order chi connectivity index (χ1) is 10.5. The molecule has 0 aliphatic rings. The van der Waals surface area contributed by atoms with Gasteiger partial charge in [-0.1, -0.05) is 15.9 Å². The molecule has 0 saturated heterocycles. The Kier molecular flexibility index (Phi) is 5.38. The third kappa shape index (κ3) is 4.21. The van der Waals surface area contributed by atoms with E-state index >= 15 is 0 Å². The van der Waals surface area contributed by atoms with Crippen LogP contribution >= 0.6 is 15.9 Å². The van der Waals surface area contributed by atoms with E-state index in [-0.39, 0.29) is 11.7 Å². The summed E-state index contributed by atoms with van der Waals surface area (Å²) in [5.74, 6) is -0.210. The lowest BCUT2D eigenvalue weighted by atomic mass is 10.2. The zero-order valence-corrected chi connectivity index (χ0v) is 13.7. The van der Waals surface area contributed by atoms with Crippen molar-refractivity contribution in [1.82, 2.24) is 0 Å². The second-order valence-corrected chi connectivity index (χ2v) is 5.47. The van der Waals surface area contributed by atoms with E-state index in [1.54, 1.807) is 25.1 Å². The third-order valence-electron chi connectivity index (χ3n) is 2.92. The van der Waals surface area contributed by atoms with Crippen molar-refractivity contribution < 1.29 is 18.7 Å². The molecule has 0 saturated carbocycles. The van der Waals surface area contributed by atoms with E-state index < -0.39 is 11.9 Å². The number of nitrogens with one attached hydrogen (secondary N) is 1. The van der Waals surface area contributed by atoms with Crippen molar-refractivity contribution in [3.05, 3.63) is 52.8 Å². The van der Waals surface area contributed by atoms with Crippen LogP contribution in [0.5, 0.6) is 11.5 Å². The Labute approximate surface area is 136 Å². The molecular weight excluding hydrogens is 353 g/mol. The molecule has 0 aliphatic heterocycles. The Balaban J connectivity index is 1.99. The summed E-state index contributed by atoms with van der Waals surface area (Å²) < 4.78 is 24.8. The van der Waals surface area contributed by atoms with Gasteiger partial charge in [-0.15, -0.1) is 0 Å². The lowest BCUT2D eigenvalue weighted by Crippen LogP contribution is -2.30. The van der Waals surface area contributed by atoms with Crippen molar-refractivity contribution >= 4 is 27.5 Å². The summed E-state index contributed by atoms with van der Waals surface area (Å²) >= 11 is 3.32. The van der Waals surface area contributed by atoms with Crippen molar-refractivity contribution in [3.8, 4) is 11.5 Å². The van der Waals surface area contributed by atoms with E-state index in [0.29, 0.717) is 11.4 Å². The van der Waals surface area contributed by atoms with Gasteiger partial charge in [0.05, 0.1) is 7.11 Å². The number of anilines is 1. The number of ether oxygens (including phenoxy) is 2. The molecule has 1 atom stereocenters. The molecule has 22 heavy (non-hydrogen) atoms. The highest BCUT2D eigenvalue weighted by atomic mass is 79.9. The Morgan fingerprint density at radius 2 is 1.91 bits per heavy atom. The molecule has 0 fully saturated rings. The number of carbonyl (C=O) groups is 1. The van der Waals surface area contributed by atoms with Crippen LogP contribution in [0.3, 0.4) is 0 Å². The minimum atomic E-state index is -0.716. The van der Waals surface area contributed by atoms with Gasteiger partial charge in [0, 0.05) is 16.2 Å². The van der Waals surface area contributed by atoms with Gasteiger partial charge < -0.3 is 14.8 Å². The molecular formula is C16H15BrFNO3. The molecule has 2 aromatic rings. The number of hydrogen-bond acceptors (Lipinski definition) is 3. The van der Waals surface area contributed by atoms with Crippen LogP contribution in [0.4, 0.5) is 10.1 Å². The van der Waals surface area contributed by atoms with Crippen LogP contribution in [0.25, 0.3) is 0 Å². The second kappa shape index (κ2) is 7.26. The summed E-state index contributed by atoms with van der Waals surface area (Å²) in [7, 11) is 1.38. The molecule has 1 unspecified atom stereocenters. The van der Waals surface area contributed by atoms with Gasteiger partial charge >= 0.3 is 0 Å². The first-order valence-electron chi connectivity index (χ1n) is 6.56. The molecule has 2 rings (SSSR count). The summed E-state index contributed by atoms with van der Waals surface area (Å²) in [5, 5.41) is 2.60. The van der Waals surface area contributed by atoms with Crippen molar-refractivity contribution in [1.29, 1.82) is 0 Å². The molecule has 1 N–H and O–H groups in total. The number of halogens is 2. The van der Waals surface area contributed by atoms with Crippen LogP contribution in [0.2, 0.25) is 0 Å². The zero-order valence-electron chi connectivity index (χ0n) is 12.1. The van der Waals surface area contributed by atoms with Gasteiger partial charge in [-0.25, -0.2) is 4.39 Å². The lowest BCUT2D eigenvalue weighted by Gasteiger charge is -2.15. The van der Waals surface area contributed by atoms with Crippen LogP contribution in [-0.2, 0) is 4.79 Å². The average Bonchev–Trinajstić information content (AvgIpc) is 2.49. The van der Waals surface area contributed by atoms with Crippen LogP contribution in [0.15, 0.2) is 46.9 Å². The van der Waals surface area contributed by atoms with Gasteiger partial charge in [0.1, 0.15) is 5.75 Å². The number of amides is 1. The second-order valence-electron chi connectivity index (χ2n) is 4.55. The minimum Gasteiger partial charge on any atom is -0.494 e. The fourth-order valence-electron chi connectivity index (χ4n) is 1.76. The van der Waals surface area contributed by atoms with E-state index in [9.17, 15) is 9.18 Å². The quantitative estimate of drug-likeness (QED) is 0.868. The molecule has 0 bridgehead atoms. The van der Waals surface area contributed by atoms with Crippen LogP contribution in [0, 0.1) is 5.82 Å². The Morgan fingerprint density at radius 3 is 2.50 bits per heavy atom. The molecule has 0 aromatic heterocycles. The highest BCUT2D eigenvalue weighted by Crippen LogP contribution is 2.21. The molecule has 0 radical (unpaired) electrons. The van der Waals surface area contributed by atoms with Gasteiger partial charge in [0.15, 0.2) is 17.7 Å². The summed E-state index contributed by atoms with van der Waals surface area (Å²) in [6, 6.07) is 11.3. The number of hydrogen-bond donors (Lipinski definition) is 1. The minimum absolute atomic E-state index is 0.122. The SMILES string of the molecule is COc1ccc(NC(=O)C(C)Oc2ccc(Br)cc2)cc1F. The third-order valence-corrected chi connectivity index (χ3v) is 3.44. The standard InChI is InChI=1S/C16H15BrFNO3/c1-10(22-13-6-3-11(17)4-7-13)16(20)19-12-5-8-15(21-2)14(18)9-12/h3-10H,1-2H3,(H,19,20). The van der Waals surface area contributed by atoms with E-state index in [0.717, 1.165) is 4.47 Å². The number of rotatable bonds is 5. The molecule has 0 aliphatic carbocycles. The van der Waals surface area contributed by atoms with Crippen molar-refractivity contribution in [2.75, 3.05) is 12.4 Å². The number of benzene rings is 2. The summed E-state index contributed by atoms with van der Waals surface area (Å²) in [6.07, 6.45) is -0.716. The molecule has 0 heterocycles. The number of carbonyl (C=O) groups excluding carboxylic acids is 1. The molecule has 116 valence electrons. The molecule has 1 amide bonds. The van der Waals surface area contributed by atoms with E-state index in [4.69, 9.17) is 9.47 Å². The van der Waals surface area contributed by atoms with Crippen molar-refractivity contribution in [3.63, 3.8) is 0 Å². The normalized spacial score (nSPS) is 11.6. The van der Waals surface area contributed by atoms with Crippen molar-refractivity contribution in [2.24, 2.45) is 0 Å². The highest BCUT2D eigenvalue weighted by molar-refractivity contribution is 9.10. The average molecular weight is 368 g/mol. The Bertz CT molecular complexity index is 661. The highest BCUT2D eigenvalue weighted by Gasteiger charge is 2.15. The molecule has 4 nitrogen and oxygen atoms in total. The fraction of sp³-hybridized carbons (Fsp3) is 0.188. The molecule has 6 heteroatoms.